The van der Waals surface area contributed by atoms with Crippen LogP contribution in [-0.4, -0.2) is 57.6 Å². The fourth-order valence-corrected chi connectivity index (χ4v) is 2.39. The summed E-state index contributed by atoms with van der Waals surface area (Å²) < 4.78 is 57.8. The summed E-state index contributed by atoms with van der Waals surface area (Å²) in [5.41, 5.74) is 0. The van der Waals surface area contributed by atoms with Crippen LogP contribution in [0, 0.1) is 23.3 Å². The van der Waals surface area contributed by atoms with Crippen molar-refractivity contribution in [3.8, 4) is 5.75 Å². The molecular formula is C17H15F4IN2O7. The molecule has 0 saturated heterocycles. The van der Waals surface area contributed by atoms with E-state index in [-0.39, 0.29) is 10.5 Å². The van der Waals surface area contributed by atoms with Gasteiger partial charge in [0.25, 0.3) is 5.91 Å². The van der Waals surface area contributed by atoms with Crippen molar-refractivity contribution >= 4 is 51.9 Å². The zero-order valence-corrected chi connectivity index (χ0v) is 17.8. The first-order valence-electron chi connectivity index (χ1n) is 8.29. The molecule has 9 nitrogen and oxygen atoms in total. The van der Waals surface area contributed by atoms with E-state index < -0.39 is 83.5 Å². The molecule has 1 rings (SSSR count). The van der Waals surface area contributed by atoms with E-state index in [0.717, 1.165) is 6.92 Å². The van der Waals surface area contributed by atoms with Gasteiger partial charge in [0.1, 0.15) is 18.7 Å². The van der Waals surface area contributed by atoms with Crippen molar-refractivity contribution in [2.75, 3.05) is 11.0 Å². The van der Waals surface area contributed by atoms with Crippen molar-refractivity contribution in [1.82, 2.24) is 10.6 Å². The highest BCUT2D eigenvalue weighted by Crippen LogP contribution is 2.26. The molecule has 2 atom stereocenters. The molecule has 0 aliphatic heterocycles. The van der Waals surface area contributed by atoms with Crippen molar-refractivity contribution in [2.24, 2.45) is 0 Å². The third-order valence-electron chi connectivity index (χ3n) is 3.63. The molecule has 0 heterocycles. The van der Waals surface area contributed by atoms with E-state index >= 15 is 0 Å². The molecule has 1 aromatic carbocycles. The lowest BCUT2D eigenvalue weighted by Crippen LogP contribution is -2.52. The average Bonchev–Trinajstić information content (AvgIpc) is 2.70. The molecule has 31 heavy (non-hydrogen) atoms. The van der Waals surface area contributed by atoms with Crippen molar-refractivity contribution in [3.63, 3.8) is 0 Å². The van der Waals surface area contributed by atoms with Gasteiger partial charge in [-0.25, -0.2) is 8.78 Å². The van der Waals surface area contributed by atoms with Gasteiger partial charge in [0.05, 0.1) is 10.8 Å². The summed E-state index contributed by atoms with van der Waals surface area (Å²) in [7, 11) is 0. The Morgan fingerprint density at radius 1 is 1.06 bits per heavy atom. The molecule has 0 spiro atoms. The highest BCUT2D eigenvalue weighted by molar-refractivity contribution is 14.1. The molecule has 0 aromatic heterocycles. The topological polar surface area (TPSA) is 139 Å². The summed E-state index contributed by atoms with van der Waals surface area (Å²) in [6.07, 6.45) is -0.982. The molecule has 0 fully saturated rings. The van der Waals surface area contributed by atoms with Crippen LogP contribution in [0.15, 0.2) is 6.07 Å². The molecule has 0 aliphatic carbocycles. The number of carboxylic acids is 1. The minimum absolute atomic E-state index is 0.0781. The van der Waals surface area contributed by atoms with Crippen LogP contribution < -0.4 is 15.4 Å². The van der Waals surface area contributed by atoms with Gasteiger partial charge in [-0.2, -0.15) is 8.78 Å². The highest BCUT2D eigenvalue weighted by Gasteiger charge is 2.29. The molecule has 3 N–H and O–H groups in total. The minimum atomic E-state index is -1.92. The maximum atomic E-state index is 13.6. The largest absolute Gasteiger partial charge is 0.481 e. The predicted molar refractivity (Wildman–Crippen MR) is 102 cm³/mol. The fraction of sp³-hybridized carbons (Fsp3) is 0.353. The molecule has 0 radical (unpaired) electrons. The van der Waals surface area contributed by atoms with Gasteiger partial charge in [-0.1, -0.05) is 22.6 Å². The monoisotopic (exact) mass is 562 g/mol. The zero-order chi connectivity index (χ0) is 23.9. The van der Waals surface area contributed by atoms with Gasteiger partial charge in [0.2, 0.25) is 23.3 Å². The third kappa shape index (κ3) is 7.45. The maximum Gasteiger partial charge on any atom is 0.305 e. The summed E-state index contributed by atoms with van der Waals surface area (Å²) in [6, 6.07) is -3.21. The van der Waals surface area contributed by atoms with E-state index in [9.17, 15) is 41.5 Å². The smallest absolute Gasteiger partial charge is 0.305 e. The van der Waals surface area contributed by atoms with Crippen LogP contribution in [0.3, 0.4) is 0 Å². The Balaban J connectivity index is 2.89. The van der Waals surface area contributed by atoms with Crippen LogP contribution >= 0.6 is 22.6 Å². The summed E-state index contributed by atoms with van der Waals surface area (Å²) in [5, 5.41) is 12.9. The lowest BCUT2D eigenvalue weighted by molar-refractivity contribution is -0.141. The van der Waals surface area contributed by atoms with Gasteiger partial charge >= 0.3 is 5.97 Å². The number of rotatable bonds is 11. The van der Waals surface area contributed by atoms with Crippen LogP contribution in [0.4, 0.5) is 17.6 Å². The number of carbonyl (C=O) groups excluding carboxylic acids is 4. The van der Waals surface area contributed by atoms with Crippen molar-refractivity contribution in [2.45, 2.75) is 25.4 Å². The molecule has 0 unspecified atom stereocenters. The number of Topliss-reactive ketones (excluding diaryl/α,β-unsaturated/α-hetero) is 2. The number of ketones is 2. The van der Waals surface area contributed by atoms with E-state index in [1.807, 2.05) is 10.6 Å². The number of nitrogens with one attached hydrogen (secondary N) is 2. The first-order chi connectivity index (χ1) is 14.4. The molecule has 0 saturated carbocycles. The number of alkyl halides is 1. The number of aliphatic carboxylic acids is 1. The number of halogens is 5. The summed E-state index contributed by atoms with van der Waals surface area (Å²) in [4.78, 5) is 58.0. The maximum absolute atomic E-state index is 13.6. The predicted octanol–water partition coefficient (Wildman–Crippen LogP) is 0.659. The normalized spacial score (nSPS) is 12.5. The van der Waals surface area contributed by atoms with E-state index in [1.165, 1.54) is 0 Å². The SMILES string of the molecule is C[C@H](NC(=O)C(=O)CI)C(=O)N[C@@H](CC(=O)O)C(=O)COc1c(F)c(F)cc(F)c1F. The van der Waals surface area contributed by atoms with Crippen LogP contribution in [0.2, 0.25) is 0 Å². The number of benzene rings is 1. The Hall–Kier alpha value is -2.78. The molecule has 0 aliphatic rings. The molecule has 1 aromatic rings. The summed E-state index contributed by atoms with van der Waals surface area (Å²) >= 11 is 1.62. The highest BCUT2D eigenvalue weighted by atomic mass is 127. The van der Waals surface area contributed by atoms with E-state index in [4.69, 9.17) is 5.11 Å². The Labute approximate surface area is 185 Å². The first-order valence-corrected chi connectivity index (χ1v) is 9.81. The molecule has 14 heteroatoms. The molecule has 2 amide bonds. The second kappa shape index (κ2) is 11.6. The Kier molecular flexibility index (Phi) is 9.80. The number of hydrogen-bond donors (Lipinski definition) is 3. The number of carboxylic acid groups (broad SMARTS) is 1. The van der Waals surface area contributed by atoms with Crippen molar-refractivity contribution in [1.29, 1.82) is 0 Å². The second-order valence-electron chi connectivity index (χ2n) is 5.96. The molecular weight excluding hydrogens is 547 g/mol. The van der Waals surface area contributed by atoms with Crippen LogP contribution in [0.5, 0.6) is 5.75 Å². The fourth-order valence-electron chi connectivity index (χ4n) is 2.04. The Morgan fingerprint density at radius 2 is 1.61 bits per heavy atom. The van der Waals surface area contributed by atoms with Crippen molar-refractivity contribution < 1.29 is 51.4 Å². The summed E-state index contributed by atoms with van der Waals surface area (Å²) in [6.45, 7) is -0.101. The van der Waals surface area contributed by atoms with Gasteiger partial charge in [-0.15, -0.1) is 0 Å². The quantitative estimate of drug-likeness (QED) is 0.119. The van der Waals surface area contributed by atoms with Crippen molar-refractivity contribution in [3.05, 3.63) is 29.3 Å². The standard InChI is InChI=1S/C17H15F4IN2O7/c1-6(23-17(30)10(25)4-22)16(29)24-9(3-12(27)28)11(26)5-31-15-13(20)7(18)2-8(19)14(15)21/h2,6,9H,3-5H2,1H3,(H,23,30)(H,24,29)(H,27,28)/t6-,9-/m0/s1. The molecule has 0 bridgehead atoms. The van der Waals surface area contributed by atoms with Crippen LogP contribution in [0.1, 0.15) is 13.3 Å². The Morgan fingerprint density at radius 3 is 2.10 bits per heavy atom. The summed E-state index contributed by atoms with van der Waals surface area (Å²) in [5.74, 6) is -14.7. The van der Waals surface area contributed by atoms with Gasteiger partial charge in [0.15, 0.2) is 23.2 Å². The van der Waals surface area contributed by atoms with Crippen LogP contribution in [-0.2, 0) is 24.0 Å². The number of ether oxygens (including phenoxy) is 1. The number of hydrogen-bond acceptors (Lipinski definition) is 6. The van der Waals surface area contributed by atoms with E-state index in [0.29, 0.717) is 0 Å². The van der Waals surface area contributed by atoms with Gasteiger partial charge in [-0.3, -0.25) is 24.0 Å². The van der Waals surface area contributed by atoms with Gasteiger partial charge in [-0.05, 0) is 6.92 Å². The molecule has 170 valence electrons. The minimum Gasteiger partial charge on any atom is -0.481 e. The van der Waals surface area contributed by atoms with E-state index in [1.54, 1.807) is 22.6 Å². The Bertz CT molecular complexity index is 887. The lowest BCUT2D eigenvalue weighted by atomic mass is 10.1. The third-order valence-corrected chi connectivity index (χ3v) is 4.32. The zero-order valence-electron chi connectivity index (χ0n) is 15.6. The van der Waals surface area contributed by atoms with Gasteiger partial charge in [0, 0.05) is 6.07 Å². The average molecular weight is 562 g/mol. The first kappa shape index (κ1) is 26.3. The van der Waals surface area contributed by atoms with E-state index in [2.05, 4.69) is 4.74 Å². The number of carbonyl (C=O) groups is 5. The lowest BCUT2D eigenvalue weighted by Gasteiger charge is -2.19. The van der Waals surface area contributed by atoms with Gasteiger partial charge < -0.3 is 20.5 Å². The second-order valence-corrected chi connectivity index (χ2v) is 6.73. The van der Waals surface area contributed by atoms with Crippen LogP contribution in [0.25, 0.3) is 0 Å². The number of amides is 2.